The van der Waals surface area contributed by atoms with Crippen LogP contribution in [0.25, 0.3) is 11.0 Å². The minimum atomic E-state index is -0.380. The summed E-state index contributed by atoms with van der Waals surface area (Å²) in [5, 5.41) is 13.9. The number of carbonyl (C=O) groups excluding carboxylic acids is 1. The minimum Gasteiger partial charge on any atom is -0.462 e. The summed E-state index contributed by atoms with van der Waals surface area (Å²) in [5.41, 5.74) is 1.90. The van der Waals surface area contributed by atoms with Crippen molar-refractivity contribution in [3.8, 4) is 0 Å². The van der Waals surface area contributed by atoms with Crippen molar-refractivity contribution in [3.05, 3.63) is 24.0 Å². The second-order valence-corrected chi connectivity index (χ2v) is 5.32. The van der Waals surface area contributed by atoms with E-state index in [9.17, 15) is 9.90 Å². The summed E-state index contributed by atoms with van der Waals surface area (Å²) in [5.74, 6) is -0.380. The third-order valence-corrected chi connectivity index (χ3v) is 3.84. The highest BCUT2D eigenvalue weighted by Crippen LogP contribution is 2.30. The standard InChI is InChI=1S/C15H19N3O3/c1-2-21-15(20)12-8-17-14-11(5-6-16-14)13(12)18-9-3-4-10(19)7-9/h5-6,8-10,19H,2-4,7H2,1H3,(H2,16,17,18). The summed E-state index contributed by atoms with van der Waals surface area (Å²) in [6.07, 6.45) is 5.42. The Morgan fingerprint density at radius 1 is 1.57 bits per heavy atom. The Balaban J connectivity index is 1.97. The zero-order valence-electron chi connectivity index (χ0n) is 11.9. The van der Waals surface area contributed by atoms with E-state index in [4.69, 9.17) is 4.74 Å². The third-order valence-electron chi connectivity index (χ3n) is 3.84. The van der Waals surface area contributed by atoms with Crippen LogP contribution in [-0.2, 0) is 4.74 Å². The molecule has 2 aromatic heterocycles. The number of esters is 1. The van der Waals surface area contributed by atoms with Crippen LogP contribution in [0.3, 0.4) is 0 Å². The van der Waals surface area contributed by atoms with E-state index in [-0.39, 0.29) is 18.1 Å². The number of aliphatic hydroxyl groups excluding tert-OH is 1. The molecule has 0 saturated heterocycles. The van der Waals surface area contributed by atoms with Crippen molar-refractivity contribution >= 4 is 22.7 Å². The van der Waals surface area contributed by atoms with Crippen LogP contribution in [0.4, 0.5) is 5.69 Å². The number of rotatable bonds is 4. The molecular formula is C15H19N3O3. The summed E-state index contributed by atoms with van der Waals surface area (Å²) < 4.78 is 5.10. The molecule has 0 amide bonds. The fourth-order valence-electron chi connectivity index (χ4n) is 2.82. The molecule has 0 radical (unpaired) electrons. The summed E-state index contributed by atoms with van der Waals surface area (Å²) in [7, 11) is 0. The Labute approximate surface area is 122 Å². The molecule has 6 nitrogen and oxygen atoms in total. The summed E-state index contributed by atoms with van der Waals surface area (Å²) >= 11 is 0. The van der Waals surface area contributed by atoms with Crippen LogP contribution < -0.4 is 5.32 Å². The maximum Gasteiger partial charge on any atom is 0.341 e. The van der Waals surface area contributed by atoms with Crippen molar-refractivity contribution < 1.29 is 14.6 Å². The predicted molar refractivity (Wildman–Crippen MR) is 79.3 cm³/mol. The smallest absolute Gasteiger partial charge is 0.341 e. The van der Waals surface area contributed by atoms with Crippen molar-refractivity contribution in [2.75, 3.05) is 11.9 Å². The lowest BCUT2D eigenvalue weighted by Crippen LogP contribution is -2.19. The zero-order valence-corrected chi connectivity index (χ0v) is 11.9. The molecule has 2 atom stereocenters. The molecule has 1 aliphatic rings. The Hall–Kier alpha value is -2.08. The van der Waals surface area contributed by atoms with Crippen molar-refractivity contribution in [1.82, 2.24) is 9.97 Å². The van der Waals surface area contributed by atoms with E-state index in [2.05, 4.69) is 15.3 Å². The molecule has 1 fully saturated rings. The number of hydrogen-bond acceptors (Lipinski definition) is 5. The van der Waals surface area contributed by atoms with Gasteiger partial charge in [-0.25, -0.2) is 9.78 Å². The molecule has 2 heterocycles. The number of pyridine rings is 1. The molecular weight excluding hydrogens is 270 g/mol. The molecule has 2 unspecified atom stereocenters. The normalized spacial score (nSPS) is 21.6. The van der Waals surface area contributed by atoms with E-state index in [1.165, 1.54) is 6.20 Å². The van der Waals surface area contributed by atoms with Crippen molar-refractivity contribution in [1.29, 1.82) is 0 Å². The Bertz CT molecular complexity index is 653. The number of anilines is 1. The number of aromatic nitrogens is 2. The van der Waals surface area contributed by atoms with Crippen molar-refractivity contribution in [2.24, 2.45) is 0 Å². The minimum absolute atomic E-state index is 0.161. The van der Waals surface area contributed by atoms with Crippen LogP contribution in [0.1, 0.15) is 36.5 Å². The number of carbonyl (C=O) groups is 1. The van der Waals surface area contributed by atoms with Gasteiger partial charge in [0.2, 0.25) is 0 Å². The van der Waals surface area contributed by atoms with E-state index < -0.39 is 0 Å². The lowest BCUT2D eigenvalue weighted by Gasteiger charge is -2.17. The second kappa shape index (κ2) is 5.73. The lowest BCUT2D eigenvalue weighted by atomic mass is 10.1. The maximum atomic E-state index is 12.1. The molecule has 1 saturated carbocycles. The summed E-state index contributed by atoms with van der Waals surface area (Å²) in [6.45, 7) is 2.10. The molecule has 112 valence electrons. The highest BCUT2D eigenvalue weighted by atomic mass is 16.5. The number of H-pyrrole nitrogens is 1. The Morgan fingerprint density at radius 3 is 3.14 bits per heavy atom. The van der Waals surface area contributed by atoms with Gasteiger partial charge in [0, 0.05) is 23.8 Å². The van der Waals surface area contributed by atoms with Gasteiger partial charge in [-0.2, -0.15) is 0 Å². The number of nitrogens with zero attached hydrogens (tertiary/aromatic N) is 1. The lowest BCUT2D eigenvalue weighted by molar-refractivity contribution is 0.0527. The molecule has 0 bridgehead atoms. The van der Waals surface area contributed by atoms with Gasteiger partial charge in [-0.3, -0.25) is 0 Å². The number of fused-ring (bicyclic) bond motifs is 1. The van der Waals surface area contributed by atoms with Gasteiger partial charge < -0.3 is 20.1 Å². The Kier molecular flexibility index (Phi) is 3.79. The van der Waals surface area contributed by atoms with Gasteiger partial charge in [0.15, 0.2) is 0 Å². The van der Waals surface area contributed by atoms with E-state index in [0.29, 0.717) is 18.6 Å². The molecule has 3 N–H and O–H groups in total. The summed E-state index contributed by atoms with van der Waals surface area (Å²) in [4.78, 5) is 19.4. The van der Waals surface area contributed by atoms with Crippen molar-refractivity contribution in [3.63, 3.8) is 0 Å². The van der Waals surface area contributed by atoms with Gasteiger partial charge in [-0.05, 0) is 32.3 Å². The van der Waals surface area contributed by atoms with Crippen LogP contribution >= 0.6 is 0 Å². The molecule has 3 rings (SSSR count). The third kappa shape index (κ3) is 2.71. The SMILES string of the molecule is CCOC(=O)c1cnc2[nH]ccc2c1NC1CCC(O)C1. The average Bonchev–Trinajstić information content (AvgIpc) is 3.08. The summed E-state index contributed by atoms with van der Waals surface area (Å²) in [6, 6.07) is 2.05. The number of aliphatic hydroxyl groups is 1. The predicted octanol–water partition coefficient (Wildman–Crippen LogP) is 2.06. The van der Waals surface area contributed by atoms with Gasteiger partial charge in [-0.15, -0.1) is 0 Å². The second-order valence-electron chi connectivity index (χ2n) is 5.32. The molecule has 6 heteroatoms. The Morgan fingerprint density at radius 2 is 2.43 bits per heavy atom. The van der Waals surface area contributed by atoms with Crippen LogP contribution in [0.5, 0.6) is 0 Å². The van der Waals surface area contributed by atoms with Gasteiger partial charge in [-0.1, -0.05) is 0 Å². The first kappa shape index (κ1) is 13.9. The topological polar surface area (TPSA) is 87.2 Å². The highest BCUT2D eigenvalue weighted by Gasteiger charge is 2.25. The number of nitrogens with one attached hydrogen (secondary N) is 2. The van der Waals surface area contributed by atoms with Gasteiger partial charge >= 0.3 is 5.97 Å². The first-order chi connectivity index (χ1) is 10.2. The molecule has 1 aliphatic carbocycles. The highest BCUT2D eigenvalue weighted by molar-refractivity contribution is 6.04. The molecule has 0 spiro atoms. The largest absolute Gasteiger partial charge is 0.462 e. The first-order valence-electron chi connectivity index (χ1n) is 7.27. The van der Waals surface area contributed by atoms with E-state index in [1.807, 2.05) is 6.07 Å². The van der Waals surface area contributed by atoms with Gasteiger partial charge in [0.1, 0.15) is 11.2 Å². The van der Waals surface area contributed by atoms with Crippen molar-refractivity contribution in [2.45, 2.75) is 38.3 Å². The van der Waals surface area contributed by atoms with Crippen LogP contribution in [0, 0.1) is 0 Å². The van der Waals surface area contributed by atoms with Crippen LogP contribution in [-0.4, -0.2) is 39.8 Å². The zero-order chi connectivity index (χ0) is 14.8. The van der Waals surface area contributed by atoms with Gasteiger partial charge in [0.05, 0.1) is 18.4 Å². The molecule has 21 heavy (non-hydrogen) atoms. The average molecular weight is 289 g/mol. The fourth-order valence-corrected chi connectivity index (χ4v) is 2.82. The van der Waals surface area contributed by atoms with Gasteiger partial charge in [0.25, 0.3) is 0 Å². The van der Waals surface area contributed by atoms with Crippen LogP contribution in [0.15, 0.2) is 18.5 Å². The fraction of sp³-hybridized carbons (Fsp3) is 0.467. The van der Waals surface area contributed by atoms with E-state index >= 15 is 0 Å². The quantitative estimate of drug-likeness (QED) is 0.750. The molecule has 0 aliphatic heterocycles. The number of aromatic amines is 1. The van der Waals surface area contributed by atoms with E-state index in [0.717, 1.165) is 29.6 Å². The number of ether oxygens (including phenoxy) is 1. The first-order valence-corrected chi connectivity index (χ1v) is 7.27. The molecule has 2 aromatic rings. The number of hydrogen-bond donors (Lipinski definition) is 3. The van der Waals surface area contributed by atoms with E-state index in [1.54, 1.807) is 13.1 Å². The molecule has 0 aromatic carbocycles. The van der Waals surface area contributed by atoms with Crippen LogP contribution in [0.2, 0.25) is 0 Å². The monoisotopic (exact) mass is 289 g/mol. The maximum absolute atomic E-state index is 12.1.